The van der Waals surface area contributed by atoms with Gasteiger partial charge in [-0.1, -0.05) is 6.07 Å². The van der Waals surface area contributed by atoms with Gasteiger partial charge in [0.05, 0.1) is 6.54 Å². The number of carboxylic acid groups (broad SMARTS) is 1. The lowest BCUT2D eigenvalue weighted by atomic mass is 10.1. The molecule has 0 aliphatic heterocycles. The average molecular weight is 291 g/mol. The van der Waals surface area contributed by atoms with Crippen LogP contribution < -0.4 is 5.73 Å². The van der Waals surface area contributed by atoms with Crippen molar-refractivity contribution in [2.24, 2.45) is 5.73 Å². The molecule has 7 nitrogen and oxygen atoms in total. The van der Waals surface area contributed by atoms with Gasteiger partial charge >= 0.3 is 5.97 Å². The summed E-state index contributed by atoms with van der Waals surface area (Å²) in [6.45, 7) is 3.27. The number of rotatable bonds is 6. The van der Waals surface area contributed by atoms with Gasteiger partial charge in [-0.3, -0.25) is 14.6 Å². The van der Waals surface area contributed by atoms with Gasteiger partial charge in [0, 0.05) is 23.9 Å². The number of carboxylic acids is 1. The molecule has 0 unspecified atom stereocenters. The second kappa shape index (κ2) is 7.18. The third-order valence-electron chi connectivity index (χ3n) is 2.66. The van der Waals surface area contributed by atoms with Crippen LogP contribution in [-0.2, 0) is 9.59 Å². The summed E-state index contributed by atoms with van der Waals surface area (Å²) in [4.78, 5) is 39.4. The molecule has 1 rings (SSSR count). The maximum absolute atomic E-state index is 12.5. The van der Waals surface area contributed by atoms with Gasteiger partial charge in [-0.25, -0.2) is 4.79 Å². The summed E-state index contributed by atoms with van der Waals surface area (Å²) in [6.07, 6.45) is 3.63. The van der Waals surface area contributed by atoms with Crippen molar-refractivity contribution in [3.8, 4) is 0 Å². The fraction of sp³-hybridized carbons (Fsp3) is 0.286. The first-order valence-electron chi connectivity index (χ1n) is 6.28. The van der Waals surface area contributed by atoms with Crippen LogP contribution in [0.3, 0.4) is 0 Å². The van der Waals surface area contributed by atoms with E-state index in [9.17, 15) is 14.4 Å². The van der Waals surface area contributed by atoms with Crippen LogP contribution >= 0.6 is 0 Å². The number of primary amides is 1. The van der Waals surface area contributed by atoms with Gasteiger partial charge in [-0.15, -0.1) is 0 Å². The third-order valence-corrected chi connectivity index (χ3v) is 2.66. The Morgan fingerprint density at radius 3 is 2.62 bits per heavy atom. The van der Waals surface area contributed by atoms with E-state index in [1.165, 1.54) is 17.2 Å². The van der Waals surface area contributed by atoms with Crippen molar-refractivity contribution in [2.45, 2.75) is 19.9 Å². The molecule has 3 N–H and O–H groups in total. The Hall–Kier alpha value is -2.70. The fourth-order valence-electron chi connectivity index (χ4n) is 1.68. The molecule has 7 heteroatoms. The van der Waals surface area contributed by atoms with Crippen molar-refractivity contribution in [3.05, 3.63) is 35.7 Å². The lowest BCUT2D eigenvalue weighted by Crippen LogP contribution is -2.43. The number of hydrogen-bond donors (Lipinski definition) is 2. The first-order valence-corrected chi connectivity index (χ1v) is 6.28. The van der Waals surface area contributed by atoms with Crippen molar-refractivity contribution in [3.63, 3.8) is 0 Å². The molecule has 0 aliphatic carbocycles. The number of hydrogen-bond acceptors (Lipinski definition) is 4. The smallest absolute Gasteiger partial charge is 0.328 e. The fourth-order valence-corrected chi connectivity index (χ4v) is 1.68. The second-order valence-corrected chi connectivity index (χ2v) is 4.61. The summed E-state index contributed by atoms with van der Waals surface area (Å²) in [5, 5.41) is 8.66. The Kier molecular flexibility index (Phi) is 5.59. The summed E-state index contributed by atoms with van der Waals surface area (Å²) in [5.74, 6) is -2.24. The summed E-state index contributed by atoms with van der Waals surface area (Å²) < 4.78 is 0. The van der Waals surface area contributed by atoms with Crippen LogP contribution in [0.5, 0.6) is 0 Å². The largest absolute Gasteiger partial charge is 0.478 e. The minimum atomic E-state index is -1.13. The monoisotopic (exact) mass is 291 g/mol. The molecule has 0 aliphatic rings. The number of nitrogens with zero attached hydrogens (tertiary/aromatic N) is 2. The van der Waals surface area contributed by atoms with E-state index in [2.05, 4.69) is 4.98 Å². The topological polar surface area (TPSA) is 114 Å². The Morgan fingerprint density at radius 1 is 1.43 bits per heavy atom. The van der Waals surface area contributed by atoms with Crippen LogP contribution in [0.1, 0.15) is 29.9 Å². The quantitative estimate of drug-likeness (QED) is 0.741. The van der Waals surface area contributed by atoms with Crippen LogP contribution in [0.4, 0.5) is 0 Å². The number of aromatic nitrogens is 1. The van der Waals surface area contributed by atoms with Crippen LogP contribution in [0.15, 0.2) is 24.4 Å². The Bertz CT molecular complexity index is 581. The Morgan fingerprint density at radius 2 is 2.10 bits per heavy atom. The summed E-state index contributed by atoms with van der Waals surface area (Å²) in [6, 6.07) is 2.91. The predicted molar refractivity (Wildman–Crippen MR) is 76.3 cm³/mol. The highest BCUT2D eigenvalue weighted by atomic mass is 16.4. The van der Waals surface area contributed by atoms with Crippen molar-refractivity contribution in [1.29, 1.82) is 0 Å². The van der Waals surface area contributed by atoms with Gasteiger partial charge in [0.1, 0.15) is 5.69 Å². The number of aliphatic carboxylic acids is 1. The number of carbonyl (C=O) groups is 3. The molecular weight excluding hydrogens is 274 g/mol. The van der Waals surface area contributed by atoms with E-state index in [0.717, 1.165) is 6.08 Å². The first kappa shape index (κ1) is 16.4. The van der Waals surface area contributed by atoms with Crippen LogP contribution in [0.25, 0.3) is 6.08 Å². The lowest BCUT2D eigenvalue weighted by molar-refractivity contribution is -0.131. The molecule has 0 radical (unpaired) electrons. The molecule has 21 heavy (non-hydrogen) atoms. The number of amides is 2. The predicted octanol–water partition coefficient (Wildman–Crippen LogP) is 0.515. The van der Waals surface area contributed by atoms with Crippen molar-refractivity contribution in [1.82, 2.24) is 9.88 Å². The van der Waals surface area contributed by atoms with E-state index in [1.54, 1.807) is 26.0 Å². The molecule has 2 amide bonds. The van der Waals surface area contributed by atoms with E-state index in [4.69, 9.17) is 10.8 Å². The SMILES string of the molecule is CC(C)N(CC(N)=O)C(=O)c1ncccc1/C=C/C(=O)O. The summed E-state index contributed by atoms with van der Waals surface area (Å²) in [5.41, 5.74) is 5.57. The highest BCUT2D eigenvalue weighted by Gasteiger charge is 2.23. The van der Waals surface area contributed by atoms with Gasteiger partial charge in [-0.2, -0.15) is 0 Å². The zero-order valence-corrected chi connectivity index (χ0v) is 11.8. The normalized spacial score (nSPS) is 10.8. The Labute approximate surface area is 122 Å². The highest BCUT2D eigenvalue weighted by molar-refractivity contribution is 5.98. The van der Waals surface area contributed by atoms with E-state index in [1.807, 2.05) is 0 Å². The maximum atomic E-state index is 12.5. The third kappa shape index (κ3) is 4.72. The van der Waals surface area contributed by atoms with E-state index < -0.39 is 17.8 Å². The molecule has 0 saturated carbocycles. The number of pyridine rings is 1. The standard InChI is InChI=1S/C14H17N3O4/c1-9(2)17(8-11(15)18)14(21)13-10(4-3-7-16-13)5-6-12(19)20/h3-7,9H,8H2,1-2H3,(H2,15,18)(H,19,20)/b6-5+. The molecule has 0 aromatic carbocycles. The zero-order valence-electron chi connectivity index (χ0n) is 11.8. The number of nitrogens with two attached hydrogens (primary N) is 1. The van der Waals surface area contributed by atoms with Gasteiger partial charge in [0.25, 0.3) is 5.91 Å². The summed E-state index contributed by atoms with van der Waals surface area (Å²) in [7, 11) is 0. The molecule has 1 heterocycles. The second-order valence-electron chi connectivity index (χ2n) is 4.61. The van der Waals surface area contributed by atoms with Crippen molar-refractivity contribution in [2.75, 3.05) is 6.54 Å². The molecular formula is C14H17N3O4. The van der Waals surface area contributed by atoms with Crippen molar-refractivity contribution < 1.29 is 19.5 Å². The number of carbonyl (C=O) groups excluding carboxylic acids is 2. The van der Waals surface area contributed by atoms with Crippen LogP contribution in [0.2, 0.25) is 0 Å². The molecule has 0 spiro atoms. The molecule has 1 aromatic heterocycles. The first-order chi connectivity index (χ1) is 9.82. The minimum absolute atomic E-state index is 0.0740. The zero-order chi connectivity index (χ0) is 16.0. The summed E-state index contributed by atoms with van der Waals surface area (Å²) >= 11 is 0. The Balaban J connectivity index is 3.16. The molecule has 0 bridgehead atoms. The van der Waals surface area contributed by atoms with Gasteiger partial charge < -0.3 is 15.7 Å². The molecule has 0 atom stereocenters. The minimum Gasteiger partial charge on any atom is -0.478 e. The van der Waals surface area contributed by atoms with Crippen LogP contribution in [-0.4, -0.2) is 45.4 Å². The van der Waals surface area contributed by atoms with E-state index >= 15 is 0 Å². The lowest BCUT2D eigenvalue weighted by Gasteiger charge is -2.25. The van der Waals surface area contributed by atoms with Gasteiger partial charge in [-0.05, 0) is 26.0 Å². The molecule has 0 saturated heterocycles. The van der Waals surface area contributed by atoms with Crippen molar-refractivity contribution >= 4 is 23.9 Å². The van der Waals surface area contributed by atoms with Gasteiger partial charge in [0.15, 0.2) is 0 Å². The molecule has 0 fully saturated rings. The highest BCUT2D eigenvalue weighted by Crippen LogP contribution is 2.13. The van der Waals surface area contributed by atoms with E-state index in [-0.39, 0.29) is 18.3 Å². The van der Waals surface area contributed by atoms with E-state index in [0.29, 0.717) is 5.56 Å². The average Bonchev–Trinajstić information content (AvgIpc) is 2.41. The molecule has 1 aromatic rings. The maximum Gasteiger partial charge on any atom is 0.328 e. The molecule has 112 valence electrons. The van der Waals surface area contributed by atoms with Crippen LogP contribution in [0, 0.1) is 0 Å². The van der Waals surface area contributed by atoms with Gasteiger partial charge in [0.2, 0.25) is 5.91 Å².